The van der Waals surface area contributed by atoms with Crippen molar-refractivity contribution >= 4 is 5.97 Å². The number of unbranched alkanes of at least 4 members (excludes halogenated alkanes) is 8. The first-order chi connectivity index (χ1) is 11.8. The van der Waals surface area contributed by atoms with Crippen LogP contribution in [0.25, 0.3) is 0 Å². The Morgan fingerprint density at radius 3 is 2.33 bits per heavy atom. The molecule has 24 heavy (non-hydrogen) atoms. The quantitative estimate of drug-likeness (QED) is 0.261. The van der Waals surface area contributed by atoms with Gasteiger partial charge in [0.1, 0.15) is 5.82 Å². The molecule has 0 saturated heterocycles. The van der Waals surface area contributed by atoms with Gasteiger partial charge in [0.2, 0.25) is 0 Å². The molecule has 4 nitrogen and oxygen atoms in total. The van der Waals surface area contributed by atoms with E-state index in [4.69, 9.17) is 4.74 Å². The zero-order valence-electron chi connectivity index (χ0n) is 15.0. The standard InChI is InChI=1S/C20H33N2O2/c1-3-14-19-21-15-17-22(19)16-12-10-8-6-5-7-9-11-13-18-24-20(23)4-2/h4,15,17H,1-3,5-14,16,18H2. The Hall–Kier alpha value is -1.58. The molecule has 0 amide bonds. The van der Waals surface area contributed by atoms with Crippen molar-refractivity contribution in [1.82, 2.24) is 9.55 Å². The summed E-state index contributed by atoms with van der Waals surface area (Å²) in [5.74, 6) is 0.855. The Morgan fingerprint density at radius 1 is 1.08 bits per heavy atom. The van der Waals surface area contributed by atoms with Crippen molar-refractivity contribution in [2.24, 2.45) is 0 Å². The normalized spacial score (nSPS) is 10.7. The number of carbonyl (C=O) groups excluding carboxylic acids is 1. The number of aromatic nitrogens is 2. The van der Waals surface area contributed by atoms with Gasteiger partial charge >= 0.3 is 5.97 Å². The van der Waals surface area contributed by atoms with Crippen molar-refractivity contribution in [2.45, 2.75) is 77.2 Å². The summed E-state index contributed by atoms with van der Waals surface area (Å²) in [5, 5.41) is 0. The summed E-state index contributed by atoms with van der Waals surface area (Å²) in [7, 11) is 0. The van der Waals surface area contributed by atoms with E-state index >= 15 is 0 Å². The van der Waals surface area contributed by atoms with E-state index in [1.54, 1.807) is 0 Å². The summed E-state index contributed by atoms with van der Waals surface area (Å²) in [6.07, 6.45) is 18.2. The van der Waals surface area contributed by atoms with Gasteiger partial charge in [-0.05, 0) is 19.3 Å². The molecule has 0 unspecified atom stereocenters. The van der Waals surface area contributed by atoms with Gasteiger partial charge in [-0.15, -0.1) is 0 Å². The molecule has 4 heteroatoms. The van der Waals surface area contributed by atoms with E-state index in [9.17, 15) is 4.79 Å². The molecule has 0 N–H and O–H groups in total. The first-order valence-corrected chi connectivity index (χ1v) is 9.36. The van der Waals surface area contributed by atoms with Crippen molar-refractivity contribution < 1.29 is 9.53 Å². The van der Waals surface area contributed by atoms with Crippen LogP contribution in [0.4, 0.5) is 0 Å². The molecular formula is C20H33N2O2. The van der Waals surface area contributed by atoms with Gasteiger partial charge in [-0.25, -0.2) is 9.78 Å². The lowest BCUT2D eigenvalue weighted by molar-refractivity contribution is -0.137. The fourth-order valence-corrected chi connectivity index (χ4v) is 2.78. The molecular weight excluding hydrogens is 300 g/mol. The van der Waals surface area contributed by atoms with Crippen molar-refractivity contribution in [3.05, 3.63) is 37.8 Å². The van der Waals surface area contributed by atoms with Crippen LogP contribution >= 0.6 is 0 Å². The average Bonchev–Trinajstić information content (AvgIpc) is 3.03. The van der Waals surface area contributed by atoms with Crippen LogP contribution in [0, 0.1) is 6.92 Å². The predicted octanol–water partition coefficient (Wildman–Crippen LogP) is 4.89. The molecule has 1 heterocycles. The molecule has 1 aromatic rings. The maximum absolute atomic E-state index is 10.9. The maximum Gasteiger partial charge on any atom is 0.330 e. The molecule has 0 bridgehead atoms. The van der Waals surface area contributed by atoms with Gasteiger partial charge in [-0.2, -0.15) is 0 Å². The van der Waals surface area contributed by atoms with Crippen LogP contribution in [-0.2, 0) is 22.5 Å². The number of imidazole rings is 1. The van der Waals surface area contributed by atoms with Gasteiger partial charge in [0.15, 0.2) is 0 Å². The van der Waals surface area contributed by atoms with Crippen LogP contribution in [0.5, 0.6) is 0 Å². The summed E-state index contributed by atoms with van der Waals surface area (Å²) in [4.78, 5) is 15.2. The summed E-state index contributed by atoms with van der Waals surface area (Å²) in [5.41, 5.74) is 0. The van der Waals surface area contributed by atoms with E-state index in [2.05, 4.69) is 29.3 Å². The van der Waals surface area contributed by atoms with E-state index in [1.807, 2.05) is 6.20 Å². The molecule has 0 aliphatic rings. The predicted molar refractivity (Wildman–Crippen MR) is 98.6 cm³/mol. The molecule has 135 valence electrons. The van der Waals surface area contributed by atoms with E-state index in [1.165, 1.54) is 56.8 Å². The lowest BCUT2D eigenvalue weighted by Gasteiger charge is -2.07. The third kappa shape index (κ3) is 9.53. The molecule has 0 aliphatic heterocycles. The number of esters is 1. The van der Waals surface area contributed by atoms with Gasteiger partial charge in [0.05, 0.1) is 6.61 Å². The first-order valence-electron chi connectivity index (χ1n) is 9.36. The largest absolute Gasteiger partial charge is 0.463 e. The molecule has 1 rings (SSSR count). The lowest BCUT2D eigenvalue weighted by Crippen LogP contribution is -2.03. The number of hydrogen-bond acceptors (Lipinski definition) is 3. The average molecular weight is 333 g/mol. The van der Waals surface area contributed by atoms with Gasteiger partial charge in [0, 0.05) is 31.4 Å². The highest BCUT2D eigenvalue weighted by Crippen LogP contribution is 2.11. The monoisotopic (exact) mass is 333 g/mol. The van der Waals surface area contributed by atoms with Gasteiger partial charge in [-0.3, -0.25) is 0 Å². The zero-order valence-corrected chi connectivity index (χ0v) is 15.0. The Kier molecular flexibility index (Phi) is 11.8. The molecule has 0 aliphatic carbocycles. The molecule has 1 aromatic heterocycles. The third-order valence-electron chi connectivity index (χ3n) is 4.16. The Bertz CT molecular complexity index is 454. The number of carbonyl (C=O) groups is 1. The highest BCUT2D eigenvalue weighted by molar-refractivity contribution is 5.81. The van der Waals surface area contributed by atoms with E-state index in [0.29, 0.717) is 6.61 Å². The molecule has 1 radical (unpaired) electrons. The highest BCUT2D eigenvalue weighted by atomic mass is 16.5. The van der Waals surface area contributed by atoms with Crippen molar-refractivity contribution in [1.29, 1.82) is 0 Å². The van der Waals surface area contributed by atoms with Crippen LogP contribution in [-0.4, -0.2) is 22.1 Å². The summed E-state index contributed by atoms with van der Waals surface area (Å²) < 4.78 is 7.22. The van der Waals surface area contributed by atoms with E-state index < -0.39 is 0 Å². The fourth-order valence-electron chi connectivity index (χ4n) is 2.78. The first kappa shape index (κ1) is 20.5. The number of nitrogens with zero attached hydrogens (tertiary/aromatic N) is 2. The second kappa shape index (κ2) is 13.8. The minimum absolute atomic E-state index is 0.316. The summed E-state index contributed by atoms with van der Waals surface area (Å²) in [6.45, 7) is 8.88. The van der Waals surface area contributed by atoms with Crippen molar-refractivity contribution in [2.75, 3.05) is 6.61 Å². The Balaban J connectivity index is 1.86. The topological polar surface area (TPSA) is 44.1 Å². The van der Waals surface area contributed by atoms with Crippen LogP contribution in [0.15, 0.2) is 25.0 Å². The van der Waals surface area contributed by atoms with Crippen LogP contribution < -0.4 is 0 Å². The summed E-state index contributed by atoms with van der Waals surface area (Å²) >= 11 is 0. The summed E-state index contributed by atoms with van der Waals surface area (Å²) in [6, 6.07) is 0. The second-order valence-corrected chi connectivity index (χ2v) is 6.19. The van der Waals surface area contributed by atoms with Gasteiger partial charge in [-0.1, -0.05) is 58.4 Å². The van der Waals surface area contributed by atoms with Gasteiger partial charge in [0.25, 0.3) is 0 Å². The third-order valence-corrected chi connectivity index (χ3v) is 4.16. The molecule has 0 fully saturated rings. The molecule has 0 spiro atoms. The Morgan fingerprint density at radius 2 is 1.71 bits per heavy atom. The Labute approximate surface area is 147 Å². The van der Waals surface area contributed by atoms with Crippen LogP contribution in [0.1, 0.15) is 70.0 Å². The minimum atomic E-state index is -0.316. The number of aryl methyl sites for hydroxylation is 2. The molecule has 0 atom stereocenters. The van der Waals surface area contributed by atoms with Crippen LogP contribution in [0.2, 0.25) is 0 Å². The smallest absolute Gasteiger partial charge is 0.330 e. The molecule has 0 aromatic carbocycles. The number of hydrogen-bond donors (Lipinski definition) is 0. The van der Waals surface area contributed by atoms with Gasteiger partial charge < -0.3 is 9.30 Å². The zero-order chi connectivity index (χ0) is 17.5. The minimum Gasteiger partial charge on any atom is -0.463 e. The van der Waals surface area contributed by atoms with Crippen molar-refractivity contribution in [3.8, 4) is 0 Å². The maximum atomic E-state index is 10.9. The van der Waals surface area contributed by atoms with E-state index in [-0.39, 0.29) is 5.97 Å². The van der Waals surface area contributed by atoms with Crippen molar-refractivity contribution in [3.63, 3.8) is 0 Å². The van der Waals surface area contributed by atoms with E-state index in [0.717, 1.165) is 32.2 Å². The highest BCUT2D eigenvalue weighted by Gasteiger charge is 2.01. The van der Waals surface area contributed by atoms with Crippen LogP contribution in [0.3, 0.4) is 0 Å². The fraction of sp³-hybridized carbons (Fsp3) is 0.650. The molecule has 0 saturated carbocycles. The second-order valence-electron chi connectivity index (χ2n) is 6.19. The lowest BCUT2D eigenvalue weighted by atomic mass is 10.1. The SMILES string of the molecule is [CH2]CCc1nccn1CCCCCCCCCCCOC(=O)C=C. The number of ether oxygens (including phenoxy) is 1. The number of rotatable bonds is 15.